The molecular weight excluding hydrogens is 268 g/mol. The van der Waals surface area contributed by atoms with Crippen LogP contribution >= 0.6 is 0 Å². The fraction of sp³-hybridized carbons (Fsp3) is 0.294. The molecule has 0 amide bonds. The Hall–Kier alpha value is -2.04. The average Bonchev–Trinajstić information content (AvgIpc) is 2.46. The lowest BCUT2D eigenvalue weighted by Gasteiger charge is -2.26. The largest absolute Gasteiger partial charge is 0.508 e. The van der Waals surface area contributed by atoms with Crippen LogP contribution in [-0.2, 0) is 22.7 Å². The number of ether oxygens (including phenoxy) is 2. The second kappa shape index (κ2) is 6.61. The Balaban J connectivity index is 1.83. The smallest absolute Gasteiger partial charge is 0.163 e. The summed E-state index contributed by atoms with van der Waals surface area (Å²) in [6.45, 7) is 4.52. The Kier molecular flexibility index (Phi) is 4.83. The van der Waals surface area contributed by atoms with Gasteiger partial charge in [-0.3, -0.25) is 0 Å². The molecule has 0 saturated heterocycles. The number of rotatable bonds is 6. The van der Waals surface area contributed by atoms with E-state index in [0.29, 0.717) is 13.2 Å². The molecule has 2 aromatic rings. The molecule has 4 heteroatoms. The van der Waals surface area contributed by atoms with Crippen molar-refractivity contribution in [2.75, 3.05) is 0 Å². The van der Waals surface area contributed by atoms with E-state index < -0.39 is 5.79 Å². The van der Waals surface area contributed by atoms with Crippen molar-refractivity contribution in [2.45, 2.75) is 32.8 Å². The Morgan fingerprint density at radius 3 is 1.38 bits per heavy atom. The Morgan fingerprint density at radius 1 is 0.714 bits per heavy atom. The second-order valence-electron chi connectivity index (χ2n) is 5.31. The van der Waals surface area contributed by atoms with Crippen LogP contribution in [0.3, 0.4) is 0 Å². The molecular formula is C17H20O4. The van der Waals surface area contributed by atoms with Gasteiger partial charge in [-0.2, -0.15) is 0 Å². The van der Waals surface area contributed by atoms with Crippen molar-refractivity contribution in [1.29, 1.82) is 0 Å². The van der Waals surface area contributed by atoms with Gasteiger partial charge in [0.05, 0.1) is 13.2 Å². The van der Waals surface area contributed by atoms with Gasteiger partial charge in [0.1, 0.15) is 11.5 Å². The highest BCUT2D eigenvalue weighted by Gasteiger charge is 2.19. The average molecular weight is 288 g/mol. The third-order valence-corrected chi connectivity index (χ3v) is 3.05. The lowest BCUT2D eigenvalue weighted by molar-refractivity contribution is -0.226. The molecule has 0 bridgehead atoms. The first-order valence-electron chi connectivity index (χ1n) is 6.78. The van der Waals surface area contributed by atoms with Crippen molar-refractivity contribution >= 4 is 0 Å². The topological polar surface area (TPSA) is 58.9 Å². The zero-order chi connectivity index (χ0) is 15.3. The van der Waals surface area contributed by atoms with Gasteiger partial charge < -0.3 is 19.7 Å². The molecule has 0 saturated carbocycles. The number of phenolic OH excluding ortho intramolecular Hbond substituents is 2. The molecule has 2 rings (SSSR count). The van der Waals surface area contributed by atoms with Crippen molar-refractivity contribution in [2.24, 2.45) is 0 Å². The minimum atomic E-state index is -0.726. The van der Waals surface area contributed by atoms with E-state index in [1.165, 1.54) is 0 Å². The zero-order valence-corrected chi connectivity index (χ0v) is 12.2. The molecule has 0 aliphatic heterocycles. The summed E-state index contributed by atoms with van der Waals surface area (Å²) in [5, 5.41) is 18.5. The van der Waals surface area contributed by atoms with Crippen molar-refractivity contribution in [1.82, 2.24) is 0 Å². The van der Waals surface area contributed by atoms with E-state index >= 15 is 0 Å². The van der Waals surface area contributed by atoms with E-state index in [1.807, 2.05) is 38.1 Å². The molecule has 0 aromatic heterocycles. The molecule has 0 radical (unpaired) electrons. The summed E-state index contributed by atoms with van der Waals surface area (Å²) < 4.78 is 11.5. The molecule has 0 heterocycles. The highest BCUT2D eigenvalue weighted by atomic mass is 16.7. The van der Waals surface area contributed by atoms with E-state index in [-0.39, 0.29) is 11.5 Å². The summed E-state index contributed by atoms with van der Waals surface area (Å²) in [6, 6.07) is 13.8. The molecule has 0 aliphatic rings. The van der Waals surface area contributed by atoms with Crippen molar-refractivity contribution in [3.63, 3.8) is 0 Å². The van der Waals surface area contributed by atoms with Gasteiger partial charge in [0.15, 0.2) is 5.79 Å². The summed E-state index contributed by atoms with van der Waals surface area (Å²) in [6.07, 6.45) is 0. The number of phenols is 2. The zero-order valence-electron chi connectivity index (χ0n) is 12.2. The van der Waals surface area contributed by atoms with Crippen molar-refractivity contribution < 1.29 is 19.7 Å². The molecule has 0 atom stereocenters. The maximum Gasteiger partial charge on any atom is 0.163 e. The van der Waals surface area contributed by atoms with Crippen LogP contribution in [-0.4, -0.2) is 16.0 Å². The third kappa shape index (κ3) is 5.10. The van der Waals surface area contributed by atoms with E-state index in [4.69, 9.17) is 9.47 Å². The third-order valence-electron chi connectivity index (χ3n) is 3.05. The quantitative estimate of drug-likeness (QED) is 0.798. The molecule has 21 heavy (non-hydrogen) atoms. The Morgan fingerprint density at radius 2 is 1.05 bits per heavy atom. The molecule has 2 aromatic carbocycles. The van der Waals surface area contributed by atoms with Crippen LogP contribution in [0.25, 0.3) is 0 Å². The molecule has 0 fully saturated rings. The van der Waals surface area contributed by atoms with Crippen LogP contribution in [0.2, 0.25) is 0 Å². The first-order valence-corrected chi connectivity index (χ1v) is 6.78. The monoisotopic (exact) mass is 288 g/mol. The van der Waals surface area contributed by atoms with Crippen molar-refractivity contribution in [3.05, 3.63) is 59.7 Å². The van der Waals surface area contributed by atoms with E-state index in [9.17, 15) is 10.2 Å². The molecule has 0 unspecified atom stereocenters. The number of aromatic hydroxyl groups is 2. The van der Waals surface area contributed by atoms with Crippen molar-refractivity contribution in [3.8, 4) is 11.5 Å². The minimum absolute atomic E-state index is 0.238. The second-order valence-corrected chi connectivity index (χ2v) is 5.31. The summed E-state index contributed by atoms with van der Waals surface area (Å²) in [4.78, 5) is 0. The molecule has 0 aliphatic carbocycles. The van der Waals surface area contributed by atoms with Crippen LogP contribution in [0.1, 0.15) is 25.0 Å². The van der Waals surface area contributed by atoms with E-state index in [2.05, 4.69) is 0 Å². The highest BCUT2D eigenvalue weighted by molar-refractivity contribution is 5.26. The van der Waals surface area contributed by atoms with Gasteiger partial charge in [-0.1, -0.05) is 24.3 Å². The fourth-order valence-electron chi connectivity index (χ4n) is 1.74. The minimum Gasteiger partial charge on any atom is -0.508 e. The molecule has 2 N–H and O–H groups in total. The molecule has 0 spiro atoms. The maximum atomic E-state index is 9.23. The van der Waals surface area contributed by atoms with Crippen LogP contribution in [0.5, 0.6) is 11.5 Å². The Labute approximate surface area is 124 Å². The van der Waals surface area contributed by atoms with Crippen LogP contribution < -0.4 is 0 Å². The van der Waals surface area contributed by atoms with Crippen LogP contribution in [0, 0.1) is 0 Å². The normalized spacial score (nSPS) is 11.5. The summed E-state index contributed by atoms with van der Waals surface area (Å²) in [5.74, 6) is -0.251. The van der Waals surface area contributed by atoms with Gasteiger partial charge in [-0.25, -0.2) is 0 Å². The van der Waals surface area contributed by atoms with Gasteiger partial charge in [0.25, 0.3) is 0 Å². The lowest BCUT2D eigenvalue weighted by Crippen LogP contribution is -2.28. The van der Waals surface area contributed by atoms with Gasteiger partial charge in [-0.05, 0) is 49.2 Å². The standard InChI is InChI=1S/C17H20O4/c1-17(2,20-11-13-3-7-15(18)8-4-13)21-12-14-5-9-16(19)10-6-14/h3-10,18-19H,11-12H2,1-2H3. The molecule has 4 nitrogen and oxygen atoms in total. The maximum absolute atomic E-state index is 9.23. The lowest BCUT2D eigenvalue weighted by atomic mass is 10.2. The van der Waals surface area contributed by atoms with Gasteiger partial charge >= 0.3 is 0 Å². The predicted octanol–water partition coefficient (Wildman–Crippen LogP) is 3.57. The summed E-state index contributed by atoms with van der Waals surface area (Å²) >= 11 is 0. The fourth-order valence-corrected chi connectivity index (χ4v) is 1.74. The number of benzene rings is 2. The summed E-state index contributed by atoms with van der Waals surface area (Å²) in [5.41, 5.74) is 1.93. The van der Waals surface area contributed by atoms with Gasteiger partial charge in [0.2, 0.25) is 0 Å². The highest BCUT2D eigenvalue weighted by Crippen LogP contribution is 2.19. The number of hydrogen-bond acceptors (Lipinski definition) is 4. The predicted molar refractivity (Wildman–Crippen MR) is 79.9 cm³/mol. The first kappa shape index (κ1) is 15.4. The van der Waals surface area contributed by atoms with Crippen LogP contribution in [0.15, 0.2) is 48.5 Å². The summed E-state index contributed by atoms with van der Waals surface area (Å²) in [7, 11) is 0. The first-order chi connectivity index (χ1) is 9.94. The van der Waals surface area contributed by atoms with Gasteiger partial charge in [-0.15, -0.1) is 0 Å². The Bertz CT molecular complexity index is 507. The number of hydrogen-bond donors (Lipinski definition) is 2. The van der Waals surface area contributed by atoms with E-state index in [0.717, 1.165) is 11.1 Å². The van der Waals surface area contributed by atoms with Gasteiger partial charge in [0, 0.05) is 0 Å². The molecule has 112 valence electrons. The SMILES string of the molecule is CC(C)(OCc1ccc(O)cc1)OCc1ccc(O)cc1. The van der Waals surface area contributed by atoms with E-state index in [1.54, 1.807) is 24.3 Å². The van der Waals surface area contributed by atoms with Crippen LogP contribution in [0.4, 0.5) is 0 Å².